The maximum Gasteiger partial charge on any atom is 0.490 e. The van der Waals surface area contributed by atoms with Gasteiger partial charge in [-0.2, -0.15) is 18.3 Å². The molecule has 3 N–H and O–H groups in total. The van der Waals surface area contributed by atoms with Crippen LogP contribution in [0.5, 0.6) is 0 Å². The van der Waals surface area contributed by atoms with Gasteiger partial charge in [0.2, 0.25) is 0 Å². The second-order valence-electron chi connectivity index (χ2n) is 5.90. The molecule has 2 aromatic heterocycles. The third-order valence-electron chi connectivity index (χ3n) is 3.97. The smallest absolute Gasteiger partial charge is 0.475 e. The minimum absolute atomic E-state index is 0.0260. The summed E-state index contributed by atoms with van der Waals surface area (Å²) in [6.45, 7) is 2.41. The van der Waals surface area contributed by atoms with Gasteiger partial charge < -0.3 is 20.3 Å². The van der Waals surface area contributed by atoms with Gasteiger partial charge in [-0.05, 0) is 24.6 Å². The molecule has 1 amide bonds. The number of aromatic nitrogens is 3. The normalized spacial score (nSPS) is 16.1. The van der Waals surface area contributed by atoms with E-state index in [9.17, 15) is 18.0 Å². The molecule has 0 bridgehead atoms. The van der Waals surface area contributed by atoms with Gasteiger partial charge in [-0.3, -0.25) is 9.48 Å². The van der Waals surface area contributed by atoms with Crippen LogP contribution < -0.4 is 10.6 Å². The maximum atomic E-state index is 12.0. The molecule has 1 aliphatic heterocycles. The first-order valence-corrected chi connectivity index (χ1v) is 8.13. The molecule has 1 atom stereocenters. The molecule has 0 aliphatic carbocycles. The number of carbonyl (C=O) groups excluding carboxylic acids is 1. The fourth-order valence-electron chi connectivity index (χ4n) is 2.63. The van der Waals surface area contributed by atoms with Crippen LogP contribution in [0.15, 0.2) is 30.6 Å². The van der Waals surface area contributed by atoms with E-state index >= 15 is 0 Å². The molecule has 3 heterocycles. The predicted molar refractivity (Wildman–Crippen MR) is 89.0 cm³/mol. The summed E-state index contributed by atoms with van der Waals surface area (Å²) in [6.07, 6.45) is -0.508. The number of alkyl halides is 3. The number of aryl methyl sites for hydroxylation is 1. The SMILES string of the molecule is Cn1cccc1C(=O)NCCC1CNCc2ccnn21.O=C(O)C(F)(F)F. The van der Waals surface area contributed by atoms with Crippen LogP contribution in [0.2, 0.25) is 0 Å². The Balaban J connectivity index is 0.000000321. The van der Waals surface area contributed by atoms with Gasteiger partial charge in [0.1, 0.15) is 5.69 Å². The lowest BCUT2D eigenvalue weighted by Crippen LogP contribution is -2.36. The van der Waals surface area contributed by atoms with Crippen LogP contribution in [0.1, 0.15) is 28.6 Å². The maximum absolute atomic E-state index is 12.0. The van der Waals surface area contributed by atoms with Crippen molar-refractivity contribution in [1.29, 1.82) is 0 Å². The van der Waals surface area contributed by atoms with E-state index in [2.05, 4.69) is 20.4 Å². The highest BCUT2D eigenvalue weighted by molar-refractivity contribution is 5.92. The Morgan fingerprint density at radius 3 is 2.70 bits per heavy atom. The molecular formula is C16H20F3N5O3. The number of hydrogen-bond donors (Lipinski definition) is 3. The number of carbonyl (C=O) groups is 2. The summed E-state index contributed by atoms with van der Waals surface area (Å²) in [5.74, 6) is -2.78. The number of nitrogens with zero attached hydrogens (tertiary/aromatic N) is 3. The first kappa shape index (κ1) is 20.5. The Morgan fingerprint density at radius 2 is 2.11 bits per heavy atom. The molecule has 1 aliphatic rings. The van der Waals surface area contributed by atoms with E-state index in [1.165, 1.54) is 5.69 Å². The monoisotopic (exact) mass is 387 g/mol. The van der Waals surface area contributed by atoms with Crippen LogP contribution in [-0.4, -0.2) is 50.6 Å². The Hall–Kier alpha value is -2.82. The summed E-state index contributed by atoms with van der Waals surface area (Å²) in [5.41, 5.74) is 1.89. The van der Waals surface area contributed by atoms with Crippen LogP contribution in [0, 0.1) is 0 Å². The van der Waals surface area contributed by atoms with Gasteiger partial charge in [0, 0.05) is 39.1 Å². The molecule has 27 heavy (non-hydrogen) atoms. The van der Waals surface area contributed by atoms with Crippen LogP contribution >= 0.6 is 0 Å². The molecule has 148 valence electrons. The first-order valence-electron chi connectivity index (χ1n) is 8.13. The number of hydrogen-bond acceptors (Lipinski definition) is 4. The van der Waals surface area contributed by atoms with Gasteiger partial charge in [0.05, 0.1) is 11.7 Å². The lowest BCUT2D eigenvalue weighted by molar-refractivity contribution is -0.192. The quantitative estimate of drug-likeness (QED) is 0.735. The Morgan fingerprint density at radius 1 is 1.41 bits per heavy atom. The van der Waals surface area contributed by atoms with Gasteiger partial charge >= 0.3 is 12.1 Å². The highest BCUT2D eigenvalue weighted by atomic mass is 19.4. The van der Waals surface area contributed by atoms with Crippen molar-refractivity contribution in [3.8, 4) is 0 Å². The number of amides is 1. The number of fused-ring (bicyclic) bond motifs is 1. The van der Waals surface area contributed by atoms with Crippen LogP contribution in [0.4, 0.5) is 13.2 Å². The summed E-state index contributed by atoms with van der Waals surface area (Å²) in [6, 6.07) is 6.03. The van der Waals surface area contributed by atoms with Gasteiger partial charge in [0.25, 0.3) is 5.91 Å². The van der Waals surface area contributed by atoms with Crippen molar-refractivity contribution in [3.63, 3.8) is 0 Å². The molecule has 0 saturated heterocycles. The largest absolute Gasteiger partial charge is 0.490 e. The molecule has 0 aromatic carbocycles. The minimum atomic E-state index is -5.08. The molecule has 0 radical (unpaired) electrons. The Bertz CT molecular complexity index is 784. The van der Waals surface area contributed by atoms with Crippen molar-refractivity contribution in [3.05, 3.63) is 42.0 Å². The Labute approximate surface area is 153 Å². The van der Waals surface area contributed by atoms with Gasteiger partial charge in [0.15, 0.2) is 0 Å². The van der Waals surface area contributed by atoms with E-state index in [4.69, 9.17) is 9.90 Å². The van der Waals surface area contributed by atoms with E-state index in [1.54, 1.807) is 0 Å². The summed E-state index contributed by atoms with van der Waals surface area (Å²) in [5, 5.41) is 17.8. The zero-order valence-corrected chi connectivity index (χ0v) is 14.5. The molecule has 11 heteroatoms. The van der Waals surface area contributed by atoms with Gasteiger partial charge in [-0.15, -0.1) is 0 Å². The number of halogens is 3. The van der Waals surface area contributed by atoms with E-state index in [0.717, 1.165) is 19.5 Å². The molecule has 3 rings (SSSR count). The first-order chi connectivity index (χ1) is 12.7. The average Bonchev–Trinajstić information content (AvgIpc) is 3.23. The highest BCUT2D eigenvalue weighted by Gasteiger charge is 2.38. The molecular weight excluding hydrogens is 367 g/mol. The van der Waals surface area contributed by atoms with Crippen molar-refractivity contribution >= 4 is 11.9 Å². The van der Waals surface area contributed by atoms with Crippen molar-refractivity contribution < 1.29 is 27.9 Å². The predicted octanol–water partition coefficient (Wildman–Crippen LogP) is 1.32. The standard InChI is InChI=1S/C14H19N5O.C2HF3O2/c1-18-8-2-3-13(18)14(20)16-6-4-11-9-15-10-12-5-7-17-19(11)12;3-2(4,5)1(6)7/h2-3,5,7-8,11,15H,4,6,9-10H2,1H3,(H,16,20);(H,6,7). The second-order valence-corrected chi connectivity index (χ2v) is 5.90. The lowest BCUT2D eigenvalue weighted by atomic mass is 10.1. The summed E-state index contributed by atoms with van der Waals surface area (Å²) in [7, 11) is 1.87. The molecule has 0 saturated carbocycles. The Kier molecular flexibility index (Phi) is 6.61. The van der Waals surface area contributed by atoms with E-state index in [-0.39, 0.29) is 5.91 Å². The lowest BCUT2D eigenvalue weighted by Gasteiger charge is -2.25. The third-order valence-corrected chi connectivity index (χ3v) is 3.97. The van der Waals surface area contributed by atoms with Crippen LogP contribution in [0.3, 0.4) is 0 Å². The fourth-order valence-corrected chi connectivity index (χ4v) is 2.63. The zero-order chi connectivity index (χ0) is 20.0. The highest BCUT2D eigenvalue weighted by Crippen LogP contribution is 2.16. The molecule has 0 spiro atoms. The van der Waals surface area contributed by atoms with Crippen molar-refractivity contribution in [2.75, 3.05) is 13.1 Å². The van der Waals surface area contributed by atoms with Gasteiger partial charge in [-0.25, -0.2) is 4.79 Å². The fraction of sp³-hybridized carbons (Fsp3) is 0.438. The van der Waals surface area contributed by atoms with E-state index in [0.29, 0.717) is 18.3 Å². The van der Waals surface area contributed by atoms with Crippen LogP contribution in [-0.2, 0) is 18.4 Å². The summed E-state index contributed by atoms with van der Waals surface area (Å²) >= 11 is 0. The molecule has 0 fully saturated rings. The second kappa shape index (κ2) is 8.71. The minimum Gasteiger partial charge on any atom is -0.475 e. The van der Waals surface area contributed by atoms with Crippen molar-refractivity contribution in [2.45, 2.75) is 25.2 Å². The van der Waals surface area contributed by atoms with Gasteiger partial charge in [-0.1, -0.05) is 0 Å². The summed E-state index contributed by atoms with van der Waals surface area (Å²) < 4.78 is 35.6. The number of carboxylic acids is 1. The third kappa shape index (κ3) is 5.58. The number of rotatable bonds is 4. The number of nitrogens with one attached hydrogen (secondary N) is 2. The number of carboxylic acid groups (broad SMARTS) is 1. The van der Waals surface area contributed by atoms with E-state index < -0.39 is 12.1 Å². The molecule has 8 nitrogen and oxygen atoms in total. The van der Waals surface area contributed by atoms with E-state index in [1.807, 2.05) is 42.2 Å². The molecule has 2 aromatic rings. The van der Waals surface area contributed by atoms with Crippen molar-refractivity contribution in [1.82, 2.24) is 25.0 Å². The van der Waals surface area contributed by atoms with Crippen LogP contribution in [0.25, 0.3) is 0 Å². The zero-order valence-electron chi connectivity index (χ0n) is 14.5. The average molecular weight is 387 g/mol. The van der Waals surface area contributed by atoms with Crippen molar-refractivity contribution in [2.24, 2.45) is 7.05 Å². The molecule has 1 unspecified atom stereocenters. The summed E-state index contributed by atoms with van der Waals surface area (Å²) in [4.78, 5) is 20.9. The topological polar surface area (TPSA) is 101 Å². The number of aliphatic carboxylic acids is 1.